The molecule has 0 amide bonds. The van der Waals surface area contributed by atoms with Crippen molar-refractivity contribution in [2.45, 2.75) is 18.9 Å². The Morgan fingerprint density at radius 2 is 2.00 bits per heavy atom. The molecular weight excluding hydrogens is 222 g/mol. The average molecular weight is 240 g/mol. The minimum atomic E-state index is -0.697. The van der Waals surface area contributed by atoms with E-state index in [-0.39, 0.29) is 5.92 Å². The van der Waals surface area contributed by atoms with Crippen LogP contribution >= 0.6 is 11.6 Å². The monoisotopic (exact) mass is 239 g/mol. The van der Waals surface area contributed by atoms with Gasteiger partial charge in [0.25, 0.3) is 0 Å². The van der Waals surface area contributed by atoms with Crippen molar-refractivity contribution in [1.29, 1.82) is 0 Å². The fourth-order valence-corrected chi connectivity index (χ4v) is 2.61. The fraction of sp³-hybridized carbons (Fsp3) is 0.538. The Hall–Kier alpha value is -0.570. The lowest BCUT2D eigenvalue weighted by atomic mass is 9.77. The number of hydrogen-bond donors (Lipinski definition) is 1. The summed E-state index contributed by atoms with van der Waals surface area (Å²) >= 11 is 5.87. The highest BCUT2D eigenvalue weighted by atomic mass is 35.5. The number of hydrogen-bond acceptors (Lipinski definition) is 2. The van der Waals surface area contributed by atoms with E-state index in [2.05, 4.69) is 18.9 Å². The Kier molecular flexibility index (Phi) is 3.24. The average Bonchev–Trinajstić information content (AvgIpc) is 2.25. The molecule has 1 fully saturated rings. The molecule has 1 aromatic carbocycles. The molecular formula is C13H18ClNO. The van der Waals surface area contributed by atoms with Crippen LogP contribution in [0.4, 0.5) is 0 Å². The lowest BCUT2D eigenvalue weighted by Gasteiger charge is -2.42. The van der Waals surface area contributed by atoms with E-state index in [4.69, 9.17) is 11.6 Å². The first-order valence-electron chi connectivity index (χ1n) is 5.69. The minimum absolute atomic E-state index is 0.243. The van der Waals surface area contributed by atoms with Crippen LogP contribution < -0.4 is 0 Å². The minimum Gasteiger partial charge on any atom is -0.385 e. The first kappa shape index (κ1) is 11.9. The molecule has 0 aromatic heterocycles. The first-order chi connectivity index (χ1) is 7.52. The largest absolute Gasteiger partial charge is 0.385 e. The summed E-state index contributed by atoms with van der Waals surface area (Å²) in [4.78, 5) is 2.26. The van der Waals surface area contributed by atoms with Crippen molar-refractivity contribution in [1.82, 2.24) is 4.90 Å². The van der Waals surface area contributed by atoms with Gasteiger partial charge in [0, 0.05) is 24.0 Å². The quantitative estimate of drug-likeness (QED) is 0.814. The van der Waals surface area contributed by atoms with E-state index in [1.807, 2.05) is 24.3 Å². The van der Waals surface area contributed by atoms with Gasteiger partial charge in [0.2, 0.25) is 0 Å². The molecule has 0 bridgehead atoms. The standard InChI is InChI=1S/C13H18ClNO/c1-10-9-15(2)8-7-13(10,16)11-3-5-12(14)6-4-11/h3-6,10,16H,7-9H2,1-2H3/t10-,13+/m1/s1. The number of benzene rings is 1. The molecule has 0 spiro atoms. The molecule has 1 aliphatic heterocycles. The molecule has 0 unspecified atom stereocenters. The number of halogens is 1. The second-order valence-corrected chi connectivity index (χ2v) is 5.28. The van der Waals surface area contributed by atoms with Crippen molar-refractivity contribution in [3.8, 4) is 0 Å². The Labute approximate surface area is 102 Å². The van der Waals surface area contributed by atoms with E-state index in [0.717, 1.165) is 25.1 Å². The smallest absolute Gasteiger partial charge is 0.0946 e. The zero-order chi connectivity index (χ0) is 11.8. The summed E-state index contributed by atoms with van der Waals surface area (Å²) in [6.45, 7) is 3.97. The van der Waals surface area contributed by atoms with Gasteiger partial charge in [0.05, 0.1) is 5.60 Å². The number of aliphatic hydroxyl groups is 1. The maximum Gasteiger partial charge on any atom is 0.0946 e. The highest BCUT2D eigenvalue weighted by Crippen LogP contribution is 2.37. The topological polar surface area (TPSA) is 23.5 Å². The first-order valence-corrected chi connectivity index (χ1v) is 6.07. The number of nitrogens with zero attached hydrogens (tertiary/aromatic N) is 1. The number of rotatable bonds is 1. The summed E-state index contributed by atoms with van der Waals surface area (Å²) < 4.78 is 0. The number of piperidine rings is 1. The second kappa shape index (κ2) is 4.36. The van der Waals surface area contributed by atoms with Crippen LogP contribution in [0.25, 0.3) is 0 Å². The fourth-order valence-electron chi connectivity index (χ4n) is 2.48. The van der Waals surface area contributed by atoms with Crippen LogP contribution in [0.5, 0.6) is 0 Å². The maximum atomic E-state index is 10.8. The summed E-state index contributed by atoms with van der Waals surface area (Å²) in [5.41, 5.74) is 0.286. The van der Waals surface area contributed by atoms with Gasteiger partial charge >= 0.3 is 0 Å². The third-order valence-electron chi connectivity index (χ3n) is 3.62. The van der Waals surface area contributed by atoms with E-state index >= 15 is 0 Å². The van der Waals surface area contributed by atoms with Crippen molar-refractivity contribution in [3.05, 3.63) is 34.9 Å². The summed E-state index contributed by atoms with van der Waals surface area (Å²) in [5, 5.41) is 11.5. The Bertz CT molecular complexity index is 365. The molecule has 3 heteroatoms. The summed E-state index contributed by atoms with van der Waals surface area (Å²) in [5.74, 6) is 0.243. The van der Waals surface area contributed by atoms with Crippen molar-refractivity contribution in [3.63, 3.8) is 0 Å². The van der Waals surface area contributed by atoms with Gasteiger partial charge in [0.15, 0.2) is 0 Å². The lowest BCUT2D eigenvalue weighted by Crippen LogP contribution is -2.47. The summed E-state index contributed by atoms with van der Waals surface area (Å²) in [7, 11) is 2.10. The van der Waals surface area contributed by atoms with Crippen LogP contribution in [0, 0.1) is 5.92 Å². The Morgan fingerprint density at radius 3 is 2.56 bits per heavy atom. The van der Waals surface area contributed by atoms with E-state index in [1.54, 1.807) is 0 Å². The van der Waals surface area contributed by atoms with E-state index in [0.29, 0.717) is 5.02 Å². The molecule has 0 radical (unpaired) electrons. The van der Waals surface area contributed by atoms with Crippen LogP contribution in [-0.4, -0.2) is 30.1 Å². The Balaban J connectivity index is 2.27. The van der Waals surface area contributed by atoms with Crippen molar-refractivity contribution in [2.75, 3.05) is 20.1 Å². The number of likely N-dealkylation sites (tertiary alicyclic amines) is 1. The zero-order valence-corrected chi connectivity index (χ0v) is 10.5. The van der Waals surface area contributed by atoms with Crippen molar-refractivity contribution >= 4 is 11.6 Å². The van der Waals surface area contributed by atoms with Crippen LogP contribution in [0.15, 0.2) is 24.3 Å². The molecule has 16 heavy (non-hydrogen) atoms. The summed E-state index contributed by atoms with van der Waals surface area (Å²) in [6.07, 6.45) is 0.784. The molecule has 0 aliphatic carbocycles. The molecule has 0 saturated carbocycles. The maximum absolute atomic E-state index is 10.8. The molecule has 2 atom stereocenters. The van der Waals surface area contributed by atoms with Crippen molar-refractivity contribution in [2.24, 2.45) is 5.92 Å². The molecule has 1 N–H and O–H groups in total. The molecule has 2 nitrogen and oxygen atoms in total. The molecule has 1 heterocycles. The highest BCUT2D eigenvalue weighted by Gasteiger charge is 2.39. The molecule has 1 aliphatic rings. The van der Waals surface area contributed by atoms with Gasteiger partial charge in [-0.2, -0.15) is 0 Å². The normalized spacial score (nSPS) is 31.6. The van der Waals surface area contributed by atoms with Gasteiger partial charge in [-0.3, -0.25) is 0 Å². The van der Waals surface area contributed by atoms with Crippen LogP contribution in [0.2, 0.25) is 5.02 Å². The lowest BCUT2D eigenvalue weighted by molar-refractivity contribution is -0.0659. The van der Waals surface area contributed by atoms with E-state index in [1.165, 1.54) is 0 Å². The van der Waals surface area contributed by atoms with Gasteiger partial charge in [-0.15, -0.1) is 0 Å². The molecule has 1 aromatic rings. The molecule has 1 saturated heterocycles. The van der Waals surface area contributed by atoms with Gasteiger partial charge in [-0.1, -0.05) is 30.7 Å². The van der Waals surface area contributed by atoms with Crippen LogP contribution in [-0.2, 0) is 5.60 Å². The third kappa shape index (κ3) is 2.10. The second-order valence-electron chi connectivity index (χ2n) is 4.84. The molecule has 88 valence electrons. The Morgan fingerprint density at radius 1 is 1.38 bits per heavy atom. The van der Waals surface area contributed by atoms with Gasteiger partial charge in [-0.25, -0.2) is 0 Å². The SMILES string of the molecule is C[C@@H]1CN(C)CC[C@@]1(O)c1ccc(Cl)cc1. The van der Waals surface area contributed by atoms with Crippen LogP contribution in [0.3, 0.4) is 0 Å². The van der Waals surface area contributed by atoms with Gasteiger partial charge in [-0.05, 0) is 31.2 Å². The zero-order valence-electron chi connectivity index (χ0n) is 9.78. The van der Waals surface area contributed by atoms with E-state index in [9.17, 15) is 5.11 Å². The molecule has 2 rings (SSSR count). The van der Waals surface area contributed by atoms with Crippen LogP contribution in [0.1, 0.15) is 18.9 Å². The van der Waals surface area contributed by atoms with Gasteiger partial charge in [0.1, 0.15) is 0 Å². The summed E-state index contributed by atoms with van der Waals surface area (Å²) in [6, 6.07) is 7.56. The highest BCUT2D eigenvalue weighted by molar-refractivity contribution is 6.30. The predicted octanol–water partition coefficient (Wildman–Crippen LogP) is 2.50. The van der Waals surface area contributed by atoms with Crippen molar-refractivity contribution < 1.29 is 5.11 Å². The third-order valence-corrected chi connectivity index (χ3v) is 3.87. The predicted molar refractivity (Wildman–Crippen MR) is 66.6 cm³/mol. The van der Waals surface area contributed by atoms with Gasteiger partial charge < -0.3 is 10.0 Å². The van der Waals surface area contributed by atoms with E-state index < -0.39 is 5.60 Å².